The van der Waals surface area contributed by atoms with Crippen LogP contribution in [0.2, 0.25) is 0 Å². The highest BCUT2D eigenvalue weighted by Crippen LogP contribution is 2.39. The van der Waals surface area contributed by atoms with Gasteiger partial charge in [0.2, 0.25) is 0 Å². The van der Waals surface area contributed by atoms with Gasteiger partial charge >= 0.3 is 0 Å². The summed E-state index contributed by atoms with van der Waals surface area (Å²) in [5.74, 6) is 0. The van der Waals surface area contributed by atoms with Gasteiger partial charge in [-0.05, 0) is 44.2 Å². The molecule has 2 aliphatic rings. The molecule has 0 spiro atoms. The van der Waals surface area contributed by atoms with E-state index in [2.05, 4.69) is 52.4 Å². The first-order chi connectivity index (χ1) is 9.20. The Morgan fingerprint density at radius 1 is 1.37 bits per heavy atom. The fourth-order valence-electron chi connectivity index (χ4n) is 3.00. The Labute approximate surface area is 124 Å². The zero-order valence-corrected chi connectivity index (χ0v) is 13.1. The van der Waals surface area contributed by atoms with Crippen molar-refractivity contribution < 1.29 is 4.74 Å². The van der Waals surface area contributed by atoms with Crippen molar-refractivity contribution in [1.82, 2.24) is 5.32 Å². The molecule has 0 amide bonds. The summed E-state index contributed by atoms with van der Waals surface area (Å²) in [5.41, 5.74) is 1.66. The first-order valence-corrected chi connectivity index (χ1v) is 8.07. The summed E-state index contributed by atoms with van der Waals surface area (Å²) in [5, 5.41) is 3.71. The molecule has 2 unspecified atom stereocenters. The number of nitrogens with one attached hydrogen (secondary N) is 1. The van der Waals surface area contributed by atoms with Gasteiger partial charge in [0.25, 0.3) is 0 Å². The molecule has 0 radical (unpaired) electrons. The largest absolute Gasteiger partial charge is 0.378 e. The Morgan fingerprint density at radius 3 is 2.79 bits per heavy atom. The molecule has 104 valence electrons. The lowest BCUT2D eigenvalue weighted by atomic mass is 9.76. The monoisotopic (exact) mass is 323 g/mol. The molecule has 1 aliphatic carbocycles. The topological polar surface area (TPSA) is 21.3 Å². The number of halogens is 1. The predicted octanol–water partition coefficient (Wildman–Crippen LogP) is 3.54. The number of ether oxygens (including phenoxy) is 1. The van der Waals surface area contributed by atoms with Crippen LogP contribution < -0.4 is 5.32 Å². The molecule has 1 heterocycles. The third-order valence-corrected chi connectivity index (χ3v) is 5.42. The summed E-state index contributed by atoms with van der Waals surface area (Å²) < 4.78 is 7.10. The molecule has 19 heavy (non-hydrogen) atoms. The van der Waals surface area contributed by atoms with Gasteiger partial charge in [0, 0.05) is 29.1 Å². The molecule has 1 N–H and O–H groups in total. The maximum atomic E-state index is 5.88. The molecular weight excluding hydrogens is 302 g/mol. The lowest BCUT2D eigenvalue weighted by Gasteiger charge is -2.33. The quantitative estimate of drug-likeness (QED) is 0.894. The van der Waals surface area contributed by atoms with Crippen LogP contribution in [0.3, 0.4) is 0 Å². The van der Waals surface area contributed by atoms with Gasteiger partial charge in [-0.3, -0.25) is 0 Å². The highest BCUT2D eigenvalue weighted by atomic mass is 79.9. The second-order valence-electron chi connectivity index (χ2n) is 6.05. The molecule has 2 nitrogen and oxygen atoms in total. The van der Waals surface area contributed by atoms with Crippen molar-refractivity contribution in [2.24, 2.45) is 5.41 Å². The van der Waals surface area contributed by atoms with E-state index in [4.69, 9.17) is 4.74 Å². The first kappa shape index (κ1) is 13.6. The van der Waals surface area contributed by atoms with Gasteiger partial charge in [0.1, 0.15) is 0 Å². The van der Waals surface area contributed by atoms with Gasteiger partial charge in [0.05, 0.1) is 6.10 Å². The van der Waals surface area contributed by atoms with Crippen LogP contribution in [0.25, 0.3) is 0 Å². The molecule has 1 saturated heterocycles. The van der Waals surface area contributed by atoms with E-state index in [9.17, 15) is 0 Å². The van der Waals surface area contributed by atoms with Crippen molar-refractivity contribution in [3.05, 3.63) is 34.3 Å². The zero-order valence-electron chi connectivity index (χ0n) is 11.5. The maximum Gasteiger partial charge on any atom is 0.0619 e. The second-order valence-corrected chi connectivity index (χ2v) is 6.90. The fourth-order valence-corrected chi connectivity index (χ4v) is 3.43. The Balaban J connectivity index is 1.76. The number of rotatable bonds is 5. The first-order valence-electron chi connectivity index (χ1n) is 7.28. The molecule has 1 saturated carbocycles. The van der Waals surface area contributed by atoms with Gasteiger partial charge in [-0.15, -0.1) is 0 Å². The predicted molar refractivity (Wildman–Crippen MR) is 81.3 cm³/mol. The van der Waals surface area contributed by atoms with E-state index in [1.165, 1.54) is 22.9 Å². The van der Waals surface area contributed by atoms with Gasteiger partial charge in [-0.25, -0.2) is 0 Å². The lowest BCUT2D eigenvalue weighted by molar-refractivity contribution is 0.0627. The van der Waals surface area contributed by atoms with Gasteiger partial charge < -0.3 is 10.1 Å². The fraction of sp³-hybridized carbons (Fsp3) is 0.625. The van der Waals surface area contributed by atoms with Crippen molar-refractivity contribution in [2.75, 3.05) is 13.2 Å². The molecule has 3 heteroatoms. The van der Waals surface area contributed by atoms with Crippen molar-refractivity contribution in [3.63, 3.8) is 0 Å². The van der Waals surface area contributed by atoms with Crippen LogP contribution in [0.15, 0.2) is 28.7 Å². The van der Waals surface area contributed by atoms with Gasteiger partial charge in [0.15, 0.2) is 0 Å². The van der Waals surface area contributed by atoms with Crippen LogP contribution in [-0.4, -0.2) is 25.3 Å². The molecule has 2 fully saturated rings. The summed E-state index contributed by atoms with van der Waals surface area (Å²) in [6.07, 6.45) is 5.29. The number of hydrogen-bond acceptors (Lipinski definition) is 2. The Bertz CT molecular complexity index is 446. The lowest BCUT2D eigenvalue weighted by Crippen LogP contribution is -2.42. The van der Waals surface area contributed by atoms with Crippen molar-refractivity contribution in [3.8, 4) is 0 Å². The van der Waals surface area contributed by atoms with Gasteiger partial charge in [-0.2, -0.15) is 0 Å². The van der Waals surface area contributed by atoms with Crippen molar-refractivity contribution in [2.45, 2.75) is 44.8 Å². The third kappa shape index (κ3) is 3.04. The van der Waals surface area contributed by atoms with E-state index in [0.717, 1.165) is 32.0 Å². The SMILES string of the molecule is CC1OCCC1(CNC1CC1)Cc1ccccc1Br. The average Bonchev–Trinajstić information content (AvgIpc) is 3.16. The minimum absolute atomic E-state index is 0.256. The summed E-state index contributed by atoms with van der Waals surface area (Å²) in [7, 11) is 0. The van der Waals surface area contributed by atoms with Crippen LogP contribution in [0.1, 0.15) is 31.7 Å². The van der Waals surface area contributed by atoms with Crippen LogP contribution in [-0.2, 0) is 11.2 Å². The average molecular weight is 324 g/mol. The molecule has 1 aliphatic heterocycles. The van der Waals surface area contributed by atoms with Crippen LogP contribution >= 0.6 is 15.9 Å². The zero-order chi connectivity index (χ0) is 13.3. The molecule has 1 aromatic carbocycles. The van der Waals surface area contributed by atoms with Crippen LogP contribution in [0.5, 0.6) is 0 Å². The van der Waals surface area contributed by atoms with E-state index in [0.29, 0.717) is 6.10 Å². The Morgan fingerprint density at radius 2 is 2.16 bits per heavy atom. The summed E-state index contributed by atoms with van der Waals surface area (Å²) in [4.78, 5) is 0. The summed E-state index contributed by atoms with van der Waals surface area (Å²) in [6.45, 7) is 4.22. The maximum absolute atomic E-state index is 5.88. The molecule has 0 bridgehead atoms. The summed E-state index contributed by atoms with van der Waals surface area (Å²) >= 11 is 3.68. The van der Waals surface area contributed by atoms with E-state index in [1.807, 2.05) is 0 Å². The molecule has 0 aromatic heterocycles. The molecule has 3 rings (SSSR count). The van der Waals surface area contributed by atoms with Crippen molar-refractivity contribution >= 4 is 15.9 Å². The van der Waals surface area contributed by atoms with Crippen LogP contribution in [0, 0.1) is 5.41 Å². The highest BCUT2D eigenvalue weighted by molar-refractivity contribution is 9.10. The molecule has 2 atom stereocenters. The standard InChI is InChI=1S/C16H22BrNO/c1-12-16(8-9-19-12,11-18-14-6-7-14)10-13-4-2-3-5-15(13)17/h2-5,12,14,18H,6-11H2,1H3. The molecular formula is C16H22BrNO. The smallest absolute Gasteiger partial charge is 0.0619 e. The summed E-state index contributed by atoms with van der Waals surface area (Å²) in [6, 6.07) is 9.34. The highest BCUT2D eigenvalue weighted by Gasteiger charge is 2.42. The third-order valence-electron chi connectivity index (χ3n) is 4.65. The number of benzene rings is 1. The van der Waals surface area contributed by atoms with Crippen molar-refractivity contribution in [1.29, 1.82) is 0 Å². The Hall–Kier alpha value is -0.380. The molecule has 1 aromatic rings. The van der Waals surface area contributed by atoms with E-state index in [-0.39, 0.29) is 5.41 Å². The van der Waals surface area contributed by atoms with Crippen LogP contribution in [0.4, 0.5) is 0 Å². The van der Waals surface area contributed by atoms with E-state index < -0.39 is 0 Å². The second kappa shape index (κ2) is 5.55. The minimum Gasteiger partial charge on any atom is -0.378 e. The van der Waals surface area contributed by atoms with E-state index in [1.54, 1.807) is 0 Å². The van der Waals surface area contributed by atoms with E-state index >= 15 is 0 Å². The minimum atomic E-state index is 0.256. The Kier molecular flexibility index (Phi) is 3.97. The van der Waals surface area contributed by atoms with Gasteiger partial charge in [-0.1, -0.05) is 34.1 Å². The normalized spacial score (nSPS) is 30.7. The number of hydrogen-bond donors (Lipinski definition) is 1.